The molecule has 2 amide bonds. The van der Waals surface area contributed by atoms with Gasteiger partial charge in [0.15, 0.2) is 0 Å². The molecule has 0 N–H and O–H groups in total. The number of fused-ring (bicyclic) bond motifs is 1. The van der Waals surface area contributed by atoms with Crippen molar-refractivity contribution < 1.29 is 14.0 Å². The third-order valence-electron chi connectivity index (χ3n) is 5.93. The molecule has 32 heavy (non-hydrogen) atoms. The highest BCUT2D eigenvalue weighted by Crippen LogP contribution is 2.15. The predicted molar refractivity (Wildman–Crippen MR) is 120 cm³/mol. The summed E-state index contributed by atoms with van der Waals surface area (Å²) in [6, 6.07) is 13.1. The van der Waals surface area contributed by atoms with Crippen molar-refractivity contribution in [2.45, 2.75) is 32.9 Å². The van der Waals surface area contributed by atoms with Crippen molar-refractivity contribution in [3.63, 3.8) is 0 Å². The molecule has 1 fully saturated rings. The summed E-state index contributed by atoms with van der Waals surface area (Å²) in [5.74, 6) is -0.570. The second kappa shape index (κ2) is 9.38. The number of para-hydroxylation sites is 2. The molecule has 2 heterocycles. The van der Waals surface area contributed by atoms with E-state index in [1.807, 2.05) is 31.2 Å². The summed E-state index contributed by atoms with van der Waals surface area (Å²) < 4.78 is 16.5. The Morgan fingerprint density at radius 2 is 1.41 bits per heavy atom. The Bertz CT molecular complexity index is 1170. The van der Waals surface area contributed by atoms with Gasteiger partial charge in [-0.05, 0) is 42.8 Å². The summed E-state index contributed by atoms with van der Waals surface area (Å²) in [6.07, 6.45) is 1.08. The fourth-order valence-electron chi connectivity index (χ4n) is 4.23. The Hall–Kier alpha value is -3.42. The molecule has 3 aromatic rings. The molecule has 1 aliphatic rings. The van der Waals surface area contributed by atoms with Gasteiger partial charge >= 0.3 is 5.69 Å². The number of piperazine rings is 1. The first kappa shape index (κ1) is 21.8. The Balaban J connectivity index is 1.37. The number of carbonyl (C=O) groups excluding carboxylic acids is 2. The molecule has 7 nitrogen and oxygen atoms in total. The molecule has 0 unspecified atom stereocenters. The van der Waals surface area contributed by atoms with E-state index in [1.54, 1.807) is 18.9 Å². The number of imidazole rings is 1. The van der Waals surface area contributed by atoms with Gasteiger partial charge in [0.1, 0.15) is 5.82 Å². The molecular formula is C24H27FN4O3. The topological polar surface area (TPSA) is 67.6 Å². The zero-order valence-corrected chi connectivity index (χ0v) is 18.2. The largest absolute Gasteiger partial charge is 0.339 e. The molecule has 2 aromatic carbocycles. The fraction of sp³-hybridized carbons (Fsp3) is 0.375. The van der Waals surface area contributed by atoms with Gasteiger partial charge in [0, 0.05) is 51.3 Å². The van der Waals surface area contributed by atoms with Crippen LogP contribution in [-0.4, -0.2) is 56.9 Å². The summed E-state index contributed by atoms with van der Waals surface area (Å²) >= 11 is 0. The summed E-state index contributed by atoms with van der Waals surface area (Å²) in [7, 11) is 0. The summed E-state index contributed by atoms with van der Waals surface area (Å²) in [6.45, 7) is 4.74. The maximum absolute atomic E-state index is 13.1. The molecule has 0 aliphatic carbocycles. The van der Waals surface area contributed by atoms with E-state index in [1.165, 1.54) is 24.3 Å². The van der Waals surface area contributed by atoms with Crippen LogP contribution in [0.4, 0.5) is 4.39 Å². The first-order chi connectivity index (χ1) is 15.5. The predicted octanol–water partition coefficient (Wildman–Crippen LogP) is 2.73. The number of amides is 2. The molecule has 0 bridgehead atoms. The number of aromatic nitrogens is 2. The van der Waals surface area contributed by atoms with Crippen LogP contribution in [0.25, 0.3) is 11.0 Å². The Labute approximate surface area is 185 Å². The number of aryl methyl sites for hydroxylation is 2. The van der Waals surface area contributed by atoms with Crippen molar-refractivity contribution >= 4 is 22.8 Å². The van der Waals surface area contributed by atoms with Gasteiger partial charge in [0.25, 0.3) is 5.91 Å². The molecule has 168 valence electrons. The molecule has 4 rings (SSSR count). The van der Waals surface area contributed by atoms with Gasteiger partial charge in [-0.1, -0.05) is 19.1 Å². The standard InChI is InChI=1S/C24H27FN4O3/c1-2-12-28-20-5-3-4-6-21(20)29(24(28)32)13-11-22(30)26-14-16-27(17-15-26)23(31)18-7-9-19(25)10-8-18/h3-10H,2,11-17H2,1H3. The Morgan fingerprint density at radius 3 is 2.00 bits per heavy atom. The molecule has 8 heteroatoms. The van der Waals surface area contributed by atoms with Crippen LogP contribution >= 0.6 is 0 Å². The van der Waals surface area contributed by atoms with E-state index in [2.05, 4.69) is 0 Å². The minimum atomic E-state index is -0.381. The average molecular weight is 439 g/mol. The number of carbonyl (C=O) groups is 2. The maximum Gasteiger partial charge on any atom is 0.329 e. The molecule has 0 saturated carbocycles. The highest BCUT2D eigenvalue weighted by atomic mass is 19.1. The van der Waals surface area contributed by atoms with E-state index in [9.17, 15) is 18.8 Å². The zero-order valence-electron chi connectivity index (χ0n) is 18.2. The molecule has 1 aliphatic heterocycles. The lowest BCUT2D eigenvalue weighted by atomic mass is 10.1. The van der Waals surface area contributed by atoms with E-state index in [4.69, 9.17) is 0 Å². The number of hydrogen-bond acceptors (Lipinski definition) is 3. The van der Waals surface area contributed by atoms with Crippen LogP contribution in [0.1, 0.15) is 30.1 Å². The second-order valence-corrected chi connectivity index (χ2v) is 8.00. The van der Waals surface area contributed by atoms with Crippen molar-refractivity contribution in [1.82, 2.24) is 18.9 Å². The van der Waals surface area contributed by atoms with Gasteiger partial charge in [0.2, 0.25) is 5.91 Å². The highest BCUT2D eigenvalue weighted by molar-refractivity contribution is 5.94. The van der Waals surface area contributed by atoms with Crippen molar-refractivity contribution in [3.8, 4) is 0 Å². The van der Waals surface area contributed by atoms with Crippen molar-refractivity contribution in [2.24, 2.45) is 0 Å². The second-order valence-electron chi connectivity index (χ2n) is 8.00. The van der Waals surface area contributed by atoms with Gasteiger partial charge in [-0.2, -0.15) is 0 Å². The van der Waals surface area contributed by atoms with Gasteiger partial charge in [0.05, 0.1) is 11.0 Å². The smallest absolute Gasteiger partial charge is 0.329 e. The number of rotatable bonds is 6. The van der Waals surface area contributed by atoms with Crippen molar-refractivity contribution in [3.05, 3.63) is 70.4 Å². The average Bonchev–Trinajstić information content (AvgIpc) is 3.09. The Kier molecular flexibility index (Phi) is 6.39. The van der Waals surface area contributed by atoms with E-state index < -0.39 is 0 Å². The normalized spacial score (nSPS) is 14.2. The van der Waals surface area contributed by atoms with E-state index in [0.717, 1.165) is 17.5 Å². The summed E-state index contributed by atoms with van der Waals surface area (Å²) in [4.78, 5) is 41.7. The molecule has 1 saturated heterocycles. The quantitative estimate of drug-likeness (QED) is 0.594. The van der Waals surface area contributed by atoms with Crippen LogP contribution in [0.3, 0.4) is 0 Å². The third kappa shape index (κ3) is 4.30. The van der Waals surface area contributed by atoms with Crippen molar-refractivity contribution in [1.29, 1.82) is 0 Å². The summed E-state index contributed by atoms with van der Waals surface area (Å²) in [5.41, 5.74) is 2.08. The van der Waals surface area contributed by atoms with Crippen LogP contribution in [0.15, 0.2) is 53.3 Å². The minimum absolute atomic E-state index is 0.0295. The van der Waals surface area contributed by atoms with Gasteiger partial charge < -0.3 is 9.80 Å². The van der Waals surface area contributed by atoms with Gasteiger partial charge in [-0.15, -0.1) is 0 Å². The molecular weight excluding hydrogens is 411 g/mol. The number of halogens is 1. The van der Waals surface area contributed by atoms with Crippen LogP contribution in [-0.2, 0) is 17.9 Å². The van der Waals surface area contributed by atoms with E-state index >= 15 is 0 Å². The molecule has 0 radical (unpaired) electrons. The fourth-order valence-corrected chi connectivity index (χ4v) is 4.23. The van der Waals surface area contributed by atoms with Gasteiger partial charge in [-0.25, -0.2) is 9.18 Å². The zero-order chi connectivity index (χ0) is 22.7. The maximum atomic E-state index is 13.1. The van der Waals surface area contributed by atoms with Crippen LogP contribution < -0.4 is 5.69 Å². The highest BCUT2D eigenvalue weighted by Gasteiger charge is 2.25. The van der Waals surface area contributed by atoms with Crippen molar-refractivity contribution in [2.75, 3.05) is 26.2 Å². The Morgan fingerprint density at radius 1 is 0.844 bits per heavy atom. The molecule has 0 atom stereocenters. The summed E-state index contributed by atoms with van der Waals surface area (Å²) in [5, 5.41) is 0. The number of benzene rings is 2. The lowest BCUT2D eigenvalue weighted by Crippen LogP contribution is -2.50. The van der Waals surface area contributed by atoms with Crippen LogP contribution in [0.5, 0.6) is 0 Å². The van der Waals surface area contributed by atoms with Gasteiger partial charge in [-0.3, -0.25) is 18.7 Å². The molecule has 1 aromatic heterocycles. The lowest BCUT2D eigenvalue weighted by Gasteiger charge is -2.35. The third-order valence-corrected chi connectivity index (χ3v) is 5.93. The molecule has 0 spiro atoms. The SMILES string of the molecule is CCCn1c(=O)n(CCC(=O)N2CCN(C(=O)c3ccc(F)cc3)CC2)c2ccccc21. The number of nitrogens with zero attached hydrogens (tertiary/aromatic N) is 4. The monoisotopic (exact) mass is 438 g/mol. The lowest BCUT2D eigenvalue weighted by molar-refractivity contribution is -0.132. The van der Waals surface area contributed by atoms with E-state index in [0.29, 0.717) is 44.8 Å². The first-order valence-corrected chi connectivity index (χ1v) is 11.0. The van der Waals surface area contributed by atoms with Crippen LogP contribution in [0.2, 0.25) is 0 Å². The minimum Gasteiger partial charge on any atom is -0.339 e. The van der Waals surface area contributed by atoms with Crippen LogP contribution in [0, 0.1) is 5.82 Å². The first-order valence-electron chi connectivity index (χ1n) is 11.0. The van der Waals surface area contributed by atoms with E-state index in [-0.39, 0.29) is 29.7 Å². The number of hydrogen-bond donors (Lipinski definition) is 0.